The number of hydrogen-bond donors (Lipinski definition) is 1. The van der Waals surface area contributed by atoms with Crippen LogP contribution in [0.2, 0.25) is 0 Å². The molecule has 1 fully saturated rings. The second kappa shape index (κ2) is 7.44. The van der Waals surface area contributed by atoms with E-state index >= 15 is 0 Å². The van der Waals surface area contributed by atoms with E-state index in [9.17, 15) is 13.2 Å². The van der Waals surface area contributed by atoms with E-state index in [0.29, 0.717) is 12.8 Å². The summed E-state index contributed by atoms with van der Waals surface area (Å²) in [4.78, 5) is 12.2. The lowest BCUT2D eigenvalue weighted by atomic mass is 9.74. The summed E-state index contributed by atoms with van der Waals surface area (Å²) in [5.41, 5.74) is 1.01. The number of hydrogen-bond acceptors (Lipinski definition) is 5. The Morgan fingerprint density at radius 3 is 2.67 bits per heavy atom. The molecule has 1 N–H and O–H groups in total. The number of aromatic nitrogens is 2. The van der Waals surface area contributed by atoms with Gasteiger partial charge in [-0.2, -0.15) is 5.10 Å². The van der Waals surface area contributed by atoms with Crippen LogP contribution < -0.4 is 4.72 Å². The molecule has 7 nitrogen and oxygen atoms in total. The summed E-state index contributed by atoms with van der Waals surface area (Å²) in [7, 11) is -2.50. The summed E-state index contributed by atoms with van der Waals surface area (Å²) in [6.45, 7) is 3.75. The van der Waals surface area contributed by atoms with Crippen LogP contribution in [0, 0.1) is 12.8 Å². The monoisotopic (exact) mass is 391 g/mol. The fourth-order valence-corrected chi connectivity index (χ4v) is 5.03. The number of nitrogens with one attached hydrogen (secondary N) is 1. The average molecular weight is 391 g/mol. The highest BCUT2D eigenvalue weighted by Gasteiger charge is 2.44. The summed E-state index contributed by atoms with van der Waals surface area (Å²) in [6, 6.07) is 7.63. The second-order valence-electron chi connectivity index (χ2n) is 7.30. The zero-order valence-corrected chi connectivity index (χ0v) is 16.6. The first kappa shape index (κ1) is 19.6. The molecule has 0 radical (unpaired) electrons. The molecule has 1 aliphatic carbocycles. The van der Waals surface area contributed by atoms with Crippen molar-refractivity contribution in [2.45, 2.75) is 50.0 Å². The predicted octanol–water partition coefficient (Wildman–Crippen LogP) is 2.58. The van der Waals surface area contributed by atoms with Crippen LogP contribution in [0.3, 0.4) is 0 Å². The van der Waals surface area contributed by atoms with Gasteiger partial charge in [0.1, 0.15) is 4.90 Å². The normalized spacial score (nSPS) is 23.1. The Balaban J connectivity index is 1.86. The molecule has 27 heavy (non-hydrogen) atoms. The van der Waals surface area contributed by atoms with Crippen molar-refractivity contribution in [3.63, 3.8) is 0 Å². The number of ether oxygens (including phenoxy) is 1. The molecule has 2 aromatic rings. The summed E-state index contributed by atoms with van der Waals surface area (Å²) < 4.78 is 35.0. The number of esters is 1. The fourth-order valence-electron chi connectivity index (χ4n) is 3.63. The molecule has 1 heterocycles. The smallest absolute Gasteiger partial charge is 0.310 e. The Morgan fingerprint density at radius 2 is 2.00 bits per heavy atom. The van der Waals surface area contributed by atoms with Gasteiger partial charge in [0.2, 0.25) is 10.0 Å². The fraction of sp³-hybridized carbons (Fsp3) is 0.474. The van der Waals surface area contributed by atoms with Crippen LogP contribution in [0.25, 0.3) is 5.69 Å². The van der Waals surface area contributed by atoms with E-state index in [1.165, 1.54) is 24.2 Å². The van der Waals surface area contributed by atoms with Crippen LogP contribution in [0.4, 0.5) is 0 Å². The third kappa shape index (κ3) is 4.06. The Hall–Kier alpha value is -2.19. The third-order valence-electron chi connectivity index (χ3n) is 5.23. The van der Waals surface area contributed by atoms with E-state index in [4.69, 9.17) is 4.74 Å². The minimum Gasteiger partial charge on any atom is -0.469 e. The van der Waals surface area contributed by atoms with Gasteiger partial charge in [0.05, 0.1) is 31.1 Å². The van der Waals surface area contributed by atoms with Gasteiger partial charge in [-0.05, 0) is 38.8 Å². The SMILES string of the molecule is COC(=O)[C@H]1CCCC[C@]1(C)NS(=O)(=O)c1cnn(-c2ccc(C)cc2)c1. The molecule has 1 aromatic carbocycles. The molecule has 1 aliphatic rings. The molecule has 3 rings (SSSR count). The van der Waals surface area contributed by atoms with Crippen LogP contribution in [0.1, 0.15) is 38.2 Å². The molecule has 0 saturated heterocycles. The molecule has 0 bridgehead atoms. The van der Waals surface area contributed by atoms with Gasteiger partial charge in [-0.1, -0.05) is 30.5 Å². The molecule has 0 unspecified atom stereocenters. The topological polar surface area (TPSA) is 90.3 Å². The number of nitrogens with zero attached hydrogens (tertiary/aromatic N) is 2. The van der Waals surface area contributed by atoms with Gasteiger partial charge in [-0.25, -0.2) is 17.8 Å². The molecule has 0 spiro atoms. The first-order chi connectivity index (χ1) is 12.7. The number of sulfonamides is 1. The van der Waals surface area contributed by atoms with E-state index in [1.807, 2.05) is 31.2 Å². The van der Waals surface area contributed by atoms with Crippen LogP contribution in [0.5, 0.6) is 0 Å². The van der Waals surface area contributed by atoms with Crippen molar-refractivity contribution in [1.82, 2.24) is 14.5 Å². The van der Waals surface area contributed by atoms with Crippen LogP contribution in [-0.2, 0) is 19.6 Å². The van der Waals surface area contributed by atoms with Gasteiger partial charge in [-0.3, -0.25) is 4.79 Å². The van der Waals surface area contributed by atoms with E-state index in [2.05, 4.69) is 9.82 Å². The van der Waals surface area contributed by atoms with Gasteiger partial charge in [0, 0.05) is 5.54 Å². The van der Waals surface area contributed by atoms with Crippen molar-refractivity contribution in [3.05, 3.63) is 42.2 Å². The number of rotatable bonds is 5. The van der Waals surface area contributed by atoms with Crippen LogP contribution in [-0.4, -0.2) is 36.8 Å². The molecular weight excluding hydrogens is 366 g/mol. The van der Waals surface area contributed by atoms with E-state index in [1.54, 1.807) is 6.92 Å². The Labute approximate surface area is 159 Å². The number of carbonyl (C=O) groups excluding carboxylic acids is 1. The van der Waals surface area contributed by atoms with Gasteiger partial charge >= 0.3 is 5.97 Å². The van der Waals surface area contributed by atoms with Crippen molar-refractivity contribution < 1.29 is 17.9 Å². The highest BCUT2D eigenvalue weighted by atomic mass is 32.2. The minimum absolute atomic E-state index is 0.0680. The van der Waals surface area contributed by atoms with Gasteiger partial charge in [0.15, 0.2) is 0 Å². The molecule has 0 aliphatic heterocycles. The van der Waals surface area contributed by atoms with Crippen molar-refractivity contribution in [3.8, 4) is 5.69 Å². The standard InChI is InChI=1S/C19H25N3O4S/c1-14-7-9-15(10-8-14)22-13-16(12-20-22)27(24,25)21-19(2)11-5-4-6-17(19)18(23)26-3/h7-10,12-13,17,21H,4-6,11H2,1-3H3/t17-,19+/m1/s1. The number of carbonyl (C=O) groups is 1. The summed E-state index contributed by atoms with van der Waals surface area (Å²) in [5.74, 6) is -0.881. The molecule has 1 aromatic heterocycles. The lowest BCUT2D eigenvalue weighted by Gasteiger charge is -2.39. The first-order valence-electron chi connectivity index (χ1n) is 8.99. The highest BCUT2D eigenvalue weighted by molar-refractivity contribution is 7.89. The number of methoxy groups -OCH3 is 1. The maximum absolute atomic E-state index is 12.9. The molecule has 146 valence electrons. The summed E-state index contributed by atoms with van der Waals surface area (Å²) >= 11 is 0. The molecule has 8 heteroatoms. The first-order valence-corrected chi connectivity index (χ1v) is 10.5. The Morgan fingerprint density at radius 1 is 1.30 bits per heavy atom. The maximum Gasteiger partial charge on any atom is 0.310 e. The van der Waals surface area contributed by atoms with Crippen LogP contribution in [0.15, 0.2) is 41.6 Å². The zero-order valence-electron chi connectivity index (χ0n) is 15.8. The van der Waals surface area contributed by atoms with E-state index in [0.717, 1.165) is 24.1 Å². The highest BCUT2D eigenvalue weighted by Crippen LogP contribution is 2.35. The van der Waals surface area contributed by atoms with Crippen molar-refractivity contribution in [2.24, 2.45) is 5.92 Å². The average Bonchev–Trinajstić information content (AvgIpc) is 3.12. The lowest BCUT2D eigenvalue weighted by molar-refractivity contribution is -0.149. The zero-order chi connectivity index (χ0) is 19.7. The molecule has 1 saturated carbocycles. The quantitative estimate of drug-likeness (QED) is 0.791. The van der Waals surface area contributed by atoms with Crippen molar-refractivity contribution in [1.29, 1.82) is 0 Å². The molecular formula is C19H25N3O4S. The largest absolute Gasteiger partial charge is 0.469 e. The van der Waals surface area contributed by atoms with Crippen molar-refractivity contribution in [2.75, 3.05) is 7.11 Å². The number of aryl methyl sites for hydroxylation is 1. The van der Waals surface area contributed by atoms with Crippen LogP contribution >= 0.6 is 0 Å². The van der Waals surface area contributed by atoms with E-state index < -0.39 is 21.5 Å². The summed E-state index contributed by atoms with van der Waals surface area (Å²) in [6.07, 6.45) is 5.72. The molecule has 2 atom stereocenters. The number of benzene rings is 1. The van der Waals surface area contributed by atoms with E-state index in [-0.39, 0.29) is 10.9 Å². The third-order valence-corrected chi connectivity index (χ3v) is 6.80. The minimum atomic E-state index is -3.83. The van der Waals surface area contributed by atoms with Gasteiger partial charge in [0.25, 0.3) is 0 Å². The van der Waals surface area contributed by atoms with Gasteiger partial charge < -0.3 is 4.74 Å². The maximum atomic E-state index is 12.9. The van der Waals surface area contributed by atoms with Gasteiger partial charge in [-0.15, -0.1) is 0 Å². The summed E-state index contributed by atoms with van der Waals surface area (Å²) in [5, 5.41) is 4.17. The van der Waals surface area contributed by atoms with Crippen molar-refractivity contribution >= 4 is 16.0 Å². The Bertz CT molecular complexity index is 921. The Kier molecular flexibility index (Phi) is 5.39. The second-order valence-corrected chi connectivity index (χ2v) is 8.98. The molecule has 0 amide bonds. The lowest BCUT2D eigenvalue weighted by Crippen LogP contribution is -2.55. The predicted molar refractivity (Wildman–Crippen MR) is 101 cm³/mol.